The van der Waals surface area contributed by atoms with Crippen LogP contribution in [0.4, 0.5) is 5.69 Å². The van der Waals surface area contributed by atoms with Gasteiger partial charge in [0.2, 0.25) is 10.0 Å². The fraction of sp³-hybridized carbons (Fsp3) is 0.455. The van der Waals surface area contributed by atoms with Crippen LogP contribution in [0.25, 0.3) is 0 Å². The second-order valence-corrected chi connectivity index (χ2v) is 6.87. The van der Waals surface area contributed by atoms with Crippen LogP contribution in [0.3, 0.4) is 0 Å². The average molecular weight is 288 g/mol. The summed E-state index contributed by atoms with van der Waals surface area (Å²) in [6.07, 6.45) is 0. The van der Waals surface area contributed by atoms with Crippen LogP contribution in [0.2, 0.25) is 0 Å². The molecule has 8 heteroatoms. The second kappa shape index (κ2) is 5.24. The van der Waals surface area contributed by atoms with E-state index < -0.39 is 20.5 Å². The largest absolute Gasteiger partial charge is 0.389 e. The van der Waals surface area contributed by atoms with Gasteiger partial charge in [-0.2, -0.15) is 4.31 Å². The first-order valence-corrected chi connectivity index (χ1v) is 6.91. The maximum atomic E-state index is 12.2. The number of nitro groups is 1. The molecule has 0 radical (unpaired) electrons. The van der Waals surface area contributed by atoms with E-state index in [2.05, 4.69) is 0 Å². The molecule has 0 aromatic heterocycles. The molecule has 0 heterocycles. The average Bonchev–Trinajstić information content (AvgIpc) is 2.26. The molecule has 0 atom stereocenters. The molecule has 0 aliphatic carbocycles. The number of aliphatic hydroxyl groups is 1. The van der Waals surface area contributed by atoms with E-state index in [1.54, 1.807) is 0 Å². The molecule has 1 rings (SSSR count). The van der Waals surface area contributed by atoms with Crippen LogP contribution in [0, 0.1) is 10.1 Å². The fourth-order valence-corrected chi connectivity index (χ4v) is 2.93. The van der Waals surface area contributed by atoms with Crippen LogP contribution >= 0.6 is 0 Å². The molecule has 106 valence electrons. The normalized spacial score (nSPS) is 12.7. The van der Waals surface area contributed by atoms with Crippen molar-refractivity contribution < 1.29 is 18.4 Å². The molecule has 0 unspecified atom stereocenters. The molecule has 0 amide bonds. The number of benzene rings is 1. The molecule has 0 aliphatic heterocycles. The Morgan fingerprint density at radius 2 is 2.00 bits per heavy atom. The molecule has 1 aromatic carbocycles. The predicted molar refractivity (Wildman–Crippen MR) is 69.2 cm³/mol. The van der Waals surface area contributed by atoms with Crippen molar-refractivity contribution >= 4 is 15.7 Å². The van der Waals surface area contributed by atoms with Gasteiger partial charge in [-0.1, -0.05) is 6.07 Å². The van der Waals surface area contributed by atoms with Gasteiger partial charge in [0.1, 0.15) is 0 Å². The standard InChI is InChI=1S/C11H16N2O5S/c1-11(2,14)8-12(3)19(17,18)10-6-4-5-9(7-10)13(15)16/h4-7,14H,8H2,1-3H3. The topological polar surface area (TPSA) is 101 Å². The van der Waals surface area contributed by atoms with Crippen molar-refractivity contribution in [1.29, 1.82) is 0 Å². The van der Waals surface area contributed by atoms with Crippen LogP contribution in [0.15, 0.2) is 29.2 Å². The molecular formula is C11H16N2O5S. The third-order valence-corrected chi connectivity index (χ3v) is 4.15. The molecule has 0 bridgehead atoms. The third kappa shape index (κ3) is 3.98. The Kier molecular flexibility index (Phi) is 4.28. The number of nitro benzene ring substituents is 1. The molecule has 0 saturated heterocycles. The van der Waals surface area contributed by atoms with Crippen LogP contribution in [-0.4, -0.2) is 41.9 Å². The van der Waals surface area contributed by atoms with Gasteiger partial charge in [0.25, 0.3) is 5.69 Å². The number of non-ortho nitro benzene ring substituents is 1. The van der Waals surface area contributed by atoms with E-state index >= 15 is 0 Å². The van der Waals surface area contributed by atoms with Crippen LogP contribution in [-0.2, 0) is 10.0 Å². The lowest BCUT2D eigenvalue weighted by Crippen LogP contribution is -2.39. The first kappa shape index (κ1) is 15.5. The van der Waals surface area contributed by atoms with E-state index in [4.69, 9.17) is 0 Å². The van der Waals surface area contributed by atoms with Gasteiger partial charge in [-0.15, -0.1) is 0 Å². The highest BCUT2D eigenvalue weighted by Crippen LogP contribution is 2.21. The van der Waals surface area contributed by atoms with Crippen molar-refractivity contribution in [1.82, 2.24) is 4.31 Å². The number of hydrogen-bond donors (Lipinski definition) is 1. The smallest absolute Gasteiger partial charge is 0.270 e. The number of likely N-dealkylation sites (N-methyl/N-ethyl adjacent to an activating group) is 1. The Labute approximate surface area is 111 Å². The van der Waals surface area contributed by atoms with Crippen molar-refractivity contribution in [3.8, 4) is 0 Å². The fourth-order valence-electron chi connectivity index (χ4n) is 1.57. The third-order valence-electron chi connectivity index (χ3n) is 2.35. The van der Waals surface area contributed by atoms with E-state index in [9.17, 15) is 23.6 Å². The van der Waals surface area contributed by atoms with E-state index in [1.165, 1.54) is 39.1 Å². The molecule has 0 saturated carbocycles. The Morgan fingerprint density at radius 1 is 1.42 bits per heavy atom. The van der Waals surface area contributed by atoms with Crippen LogP contribution in [0.5, 0.6) is 0 Å². The SMILES string of the molecule is CN(CC(C)(C)O)S(=O)(=O)c1cccc([N+](=O)[O-])c1. The van der Waals surface area contributed by atoms with Gasteiger partial charge >= 0.3 is 0 Å². The second-order valence-electron chi connectivity index (χ2n) is 4.83. The molecule has 1 aromatic rings. The highest BCUT2D eigenvalue weighted by atomic mass is 32.2. The van der Waals surface area contributed by atoms with E-state index in [0.29, 0.717) is 0 Å². The van der Waals surface area contributed by atoms with Gasteiger partial charge in [0, 0.05) is 25.7 Å². The minimum absolute atomic E-state index is 0.113. The lowest BCUT2D eigenvalue weighted by Gasteiger charge is -2.24. The quantitative estimate of drug-likeness (QED) is 0.643. The van der Waals surface area contributed by atoms with Crippen LogP contribution in [0.1, 0.15) is 13.8 Å². The van der Waals surface area contributed by atoms with Crippen molar-refractivity contribution in [3.63, 3.8) is 0 Å². The summed E-state index contributed by atoms with van der Waals surface area (Å²) >= 11 is 0. The summed E-state index contributed by atoms with van der Waals surface area (Å²) in [5, 5.41) is 20.3. The van der Waals surface area contributed by atoms with E-state index in [1.807, 2.05) is 0 Å². The summed E-state index contributed by atoms with van der Waals surface area (Å²) in [7, 11) is -2.55. The molecular weight excluding hydrogens is 272 g/mol. The van der Waals surface area contributed by atoms with Crippen molar-refractivity contribution in [2.45, 2.75) is 24.3 Å². The summed E-state index contributed by atoms with van der Waals surface area (Å²) in [5.74, 6) is 0. The highest BCUT2D eigenvalue weighted by molar-refractivity contribution is 7.89. The van der Waals surface area contributed by atoms with E-state index in [0.717, 1.165) is 10.4 Å². The Morgan fingerprint density at radius 3 is 2.47 bits per heavy atom. The summed E-state index contributed by atoms with van der Waals surface area (Å²) < 4.78 is 25.3. The molecule has 0 spiro atoms. The van der Waals surface area contributed by atoms with Crippen molar-refractivity contribution in [3.05, 3.63) is 34.4 Å². The van der Waals surface area contributed by atoms with Gasteiger partial charge in [0.15, 0.2) is 0 Å². The van der Waals surface area contributed by atoms with Crippen molar-refractivity contribution in [2.24, 2.45) is 0 Å². The number of nitrogens with zero attached hydrogens (tertiary/aromatic N) is 2. The number of hydrogen-bond acceptors (Lipinski definition) is 5. The van der Waals surface area contributed by atoms with Gasteiger partial charge in [-0.25, -0.2) is 8.42 Å². The zero-order valence-electron chi connectivity index (χ0n) is 10.9. The first-order chi connectivity index (χ1) is 8.54. The Balaban J connectivity index is 3.13. The molecule has 19 heavy (non-hydrogen) atoms. The first-order valence-electron chi connectivity index (χ1n) is 5.47. The monoisotopic (exact) mass is 288 g/mol. The molecule has 0 aliphatic rings. The maximum absolute atomic E-state index is 12.2. The van der Waals surface area contributed by atoms with Gasteiger partial charge in [-0.05, 0) is 19.9 Å². The van der Waals surface area contributed by atoms with Gasteiger partial charge in [-0.3, -0.25) is 10.1 Å². The predicted octanol–water partition coefficient (Wildman–Crippen LogP) is 0.986. The number of sulfonamides is 1. The Hall–Kier alpha value is -1.51. The minimum atomic E-state index is -3.86. The van der Waals surface area contributed by atoms with Crippen LogP contribution < -0.4 is 0 Å². The summed E-state index contributed by atoms with van der Waals surface area (Å²) in [4.78, 5) is 9.81. The summed E-state index contributed by atoms with van der Waals surface area (Å²) in [6.45, 7) is 2.84. The van der Waals surface area contributed by atoms with E-state index in [-0.39, 0.29) is 17.1 Å². The van der Waals surface area contributed by atoms with Gasteiger partial charge in [0.05, 0.1) is 15.4 Å². The number of rotatable bonds is 5. The molecule has 7 nitrogen and oxygen atoms in total. The minimum Gasteiger partial charge on any atom is -0.389 e. The lowest BCUT2D eigenvalue weighted by atomic mass is 10.1. The van der Waals surface area contributed by atoms with Gasteiger partial charge < -0.3 is 5.11 Å². The lowest BCUT2D eigenvalue weighted by molar-refractivity contribution is -0.385. The Bertz CT molecular complexity index is 577. The molecule has 1 N–H and O–H groups in total. The zero-order chi connectivity index (χ0) is 14.8. The highest BCUT2D eigenvalue weighted by Gasteiger charge is 2.27. The van der Waals surface area contributed by atoms with Crippen molar-refractivity contribution in [2.75, 3.05) is 13.6 Å². The summed E-state index contributed by atoms with van der Waals surface area (Å²) in [5.41, 5.74) is -1.49. The zero-order valence-corrected chi connectivity index (χ0v) is 11.7. The maximum Gasteiger partial charge on any atom is 0.270 e. The summed E-state index contributed by atoms with van der Waals surface area (Å²) in [6, 6.07) is 4.80. The molecule has 0 fully saturated rings.